The lowest BCUT2D eigenvalue weighted by Gasteiger charge is -2.20. The van der Waals surface area contributed by atoms with E-state index in [1.54, 1.807) is 0 Å². The van der Waals surface area contributed by atoms with Crippen molar-refractivity contribution in [3.63, 3.8) is 0 Å². The molecular weight excluding hydrogens is 216 g/mol. The molecule has 1 N–H and O–H groups in total. The molecule has 0 aliphatic carbocycles. The van der Waals surface area contributed by atoms with Gasteiger partial charge in [0.1, 0.15) is 5.82 Å². The lowest BCUT2D eigenvalue weighted by Crippen LogP contribution is -2.40. The molecule has 0 amide bonds. The molecule has 0 aromatic carbocycles. The molecule has 2 aliphatic heterocycles. The van der Waals surface area contributed by atoms with Crippen LogP contribution in [-0.2, 0) is 0 Å². The molecule has 2 aliphatic rings. The number of hydrogen-bond donors (Lipinski definition) is 1. The van der Waals surface area contributed by atoms with E-state index in [9.17, 15) is 0 Å². The largest absolute Gasteiger partial charge is 0.364 e. The van der Waals surface area contributed by atoms with E-state index in [0.29, 0.717) is 0 Å². The number of hydrogen-bond acceptors (Lipinski definition) is 2. The highest BCUT2D eigenvalue weighted by molar-refractivity contribution is 9.09. The van der Waals surface area contributed by atoms with E-state index in [0.717, 1.165) is 18.4 Å². The van der Waals surface area contributed by atoms with Gasteiger partial charge in [0.15, 0.2) is 0 Å². The van der Waals surface area contributed by atoms with Crippen molar-refractivity contribution >= 4 is 15.9 Å². The van der Waals surface area contributed by atoms with Crippen LogP contribution >= 0.6 is 15.9 Å². The molecule has 0 radical (unpaired) electrons. The number of nitrogens with one attached hydrogen (secondary N) is 1. The van der Waals surface area contributed by atoms with E-state index in [1.165, 1.54) is 5.82 Å². The van der Waals surface area contributed by atoms with Gasteiger partial charge in [-0.1, -0.05) is 28.1 Å². The standard InChI is InChI=1S/C9H13BrN2/c1-9(6-10)7-12-5-3-2-4-8(12)11-9/h2-4,11H,5-7H2,1H3. The van der Waals surface area contributed by atoms with Crippen LogP contribution in [0.2, 0.25) is 0 Å². The highest BCUT2D eigenvalue weighted by Crippen LogP contribution is 2.24. The molecule has 1 atom stereocenters. The summed E-state index contributed by atoms with van der Waals surface area (Å²) in [4.78, 5) is 2.36. The molecule has 66 valence electrons. The Labute approximate surface area is 81.4 Å². The van der Waals surface area contributed by atoms with Gasteiger partial charge in [-0.15, -0.1) is 0 Å². The number of fused-ring (bicyclic) bond motifs is 1. The normalized spacial score (nSPS) is 32.8. The van der Waals surface area contributed by atoms with E-state index < -0.39 is 0 Å². The molecular formula is C9H13BrN2. The van der Waals surface area contributed by atoms with Gasteiger partial charge in [-0.25, -0.2) is 0 Å². The zero-order valence-corrected chi connectivity index (χ0v) is 8.76. The Morgan fingerprint density at radius 1 is 1.75 bits per heavy atom. The summed E-state index contributed by atoms with van der Waals surface area (Å²) >= 11 is 3.53. The Bertz CT molecular complexity index is 247. The third-order valence-electron chi connectivity index (χ3n) is 2.32. The molecule has 2 rings (SSSR count). The molecule has 0 aromatic heterocycles. The topological polar surface area (TPSA) is 15.3 Å². The van der Waals surface area contributed by atoms with Crippen molar-refractivity contribution in [1.29, 1.82) is 0 Å². The number of halogens is 1. The van der Waals surface area contributed by atoms with Crippen molar-refractivity contribution in [3.8, 4) is 0 Å². The minimum atomic E-state index is 0.206. The fourth-order valence-corrected chi connectivity index (χ4v) is 1.98. The SMILES string of the molecule is CC1(CBr)CN2CC=CC=C2N1. The molecule has 2 heterocycles. The zero-order valence-electron chi connectivity index (χ0n) is 7.18. The summed E-state index contributed by atoms with van der Waals surface area (Å²) in [6.07, 6.45) is 6.43. The van der Waals surface area contributed by atoms with Gasteiger partial charge in [0.2, 0.25) is 0 Å². The lowest BCUT2D eigenvalue weighted by molar-refractivity contribution is 0.387. The van der Waals surface area contributed by atoms with Gasteiger partial charge in [-0.3, -0.25) is 0 Å². The zero-order chi connectivity index (χ0) is 8.60. The maximum absolute atomic E-state index is 3.53. The van der Waals surface area contributed by atoms with Gasteiger partial charge in [-0.2, -0.15) is 0 Å². The Balaban J connectivity index is 2.17. The summed E-state index contributed by atoms with van der Waals surface area (Å²) in [7, 11) is 0. The Morgan fingerprint density at radius 2 is 2.58 bits per heavy atom. The van der Waals surface area contributed by atoms with Crippen LogP contribution in [0.4, 0.5) is 0 Å². The van der Waals surface area contributed by atoms with Crippen molar-refractivity contribution in [2.45, 2.75) is 12.5 Å². The van der Waals surface area contributed by atoms with Crippen LogP contribution in [0.25, 0.3) is 0 Å². The summed E-state index contributed by atoms with van der Waals surface area (Å²) in [6, 6.07) is 0. The van der Waals surface area contributed by atoms with Crippen molar-refractivity contribution in [2.24, 2.45) is 0 Å². The first kappa shape index (κ1) is 8.17. The van der Waals surface area contributed by atoms with Crippen molar-refractivity contribution < 1.29 is 0 Å². The van der Waals surface area contributed by atoms with Gasteiger partial charge in [0.05, 0.1) is 5.54 Å². The first-order chi connectivity index (χ1) is 5.73. The number of rotatable bonds is 1. The molecule has 3 heteroatoms. The summed E-state index contributed by atoms with van der Waals surface area (Å²) in [5, 5.41) is 4.50. The maximum Gasteiger partial charge on any atom is 0.102 e. The molecule has 1 fully saturated rings. The van der Waals surface area contributed by atoms with Gasteiger partial charge in [-0.05, 0) is 13.0 Å². The van der Waals surface area contributed by atoms with E-state index in [2.05, 4.69) is 51.3 Å². The van der Waals surface area contributed by atoms with Crippen LogP contribution in [0.3, 0.4) is 0 Å². The van der Waals surface area contributed by atoms with Crippen LogP contribution in [-0.4, -0.2) is 28.9 Å². The van der Waals surface area contributed by atoms with Crippen LogP contribution < -0.4 is 5.32 Å². The van der Waals surface area contributed by atoms with E-state index in [4.69, 9.17) is 0 Å². The predicted molar refractivity (Wildman–Crippen MR) is 54.1 cm³/mol. The third kappa shape index (κ3) is 1.26. The second-order valence-electron chi connectivity index (χ2n) is 3.68. The highest BCUT2D eigenvalue weighted by atomic mass is 79.9. The van der Waals surface area contributed by atoms with E-state index in [1.807, 2.05) is 0 Å². The van der Waals surface area contributed by atoms with Gasteiger partial charge in [0, 0.05) is 18.4 Å². The molecule has 1 unspecified atom stereocenters. The molecule has 0 bridgehead atoms. The average Bonchev–Trinajstić information content (AvgIpc) is 2.42. The van der Waals surface area contributed by atoms with Crippen LogP contribution in [0.5, 0.6) is 0 Å². The number of nitrogens with zero attached hydrogens (tertiary/aromatic N) is 1. The van der Waals surface area contributed by atoms with Crippen molar-refractivity contribution in [3.05, 3.63) is 24.0 Å². The first-order valence-electron chi connectivity index (χ1n) is 4.19. The lowest BCUT2D eigenvalue weighted by atomic mass is 10.1. The fourth-order valence-electron chi connectivity index (χ4n) is 1.67. The van der Waals surface area contributed by atoms with E-state index in [-0.39, 0.29) is 5.54 Å². The monoisotopic (exact) mass is 228 g/mol. The van der Waals surface area contributed by atoms with Crippen LogP contribution in [0, 0.1) is 0 Å². The average molecular weight is 229 g/mol. The fraction of sp³-hybridized carbons (Fsp3) is 0.556. The minimum Gasteiger partial charge on any atom is -0.364 e. The Morgan fingerprint density at radius 3 is 3.25 bits per heavy atom. The second kappa shape index (κ2) is 2.80. The first-order valence-corrected chi connectivity index (χ1v) is 5.32. The van der Waals surface area contributed by atoms with Gasteiger partial charge in [0.25, 0.3) is 0 Å². The van der Waals surface area contributed by atoms with Gasteiger partial charge >= 0.3 is 0 Å². The van der Waals surface area contributed by atoms with Crippen LogP contribution in [0.15, 0.2) is 24.0 Å². The molecule has 2 nitrogen and oxygen atoms in total. The molecule has 0 saturated carbocycles. The smallest absolute Gasteiger partial charge is 0.102 e. The summed E-state index contributed by atoms with van der Waals surface area (Å²) < 4.78 is 0. The summed E-state index contributed by atoms with van der Waals surface area (Å²) in [5.41, 5.74) is 0.206. The van der Waals surface area contributed by atoms with Gasteiger partial charge < -0.3 is 10.2 Å². The third-order valence-corrected chi connectivity index (χ3v) is 3.56. The Kier molecular flexibility index (Phi) is 1.91. The molecule has 1 saturated heterocycles. The highest BCUT2D eigenvalue weighted by Gasteiger charge is 2.34. The van der Waals surface area contributed by atoms with E-state index >= 15 is 0 Å². The van der Waals surface area contributed by atoms with Crippen LogP contribution in [0.1, 0.15) is 6.92 Å². The predicted octanol–water partition coefficient (Wildman–Crippen LogP) is 1.46. The molecule has 0 spiro atoms. The second-order valence-corrected chi connectivity index (χ2v) is 4.24. The molecule has 12 heavy (non-hydrogen) atoms. The number of alkyl halides is 1. The van der Waals surface area contributed by atoms with Crippen molar-refractivity contribution in [1.82, 2.24) is 10.2 Å². The minimum absolute atomic E-state index is 0.206. The number of allylic oxidation sites excluding steroid dienone is 2. The molecule has 0 aromatic rings. The summed E-state index contributed by atoms with van der Waals surface area (Å²) in [6.45, 7) is 4.37. The Hall–Kier alpha value is -0.440. The maximum atomic E-state index is 3.53. The van der Waals surface area contributed by atoms with Crippen molar-refractivity contribution in [2.75, 3.05) is 18.4 Å². The quantitative estimate of drug-likeness (QED) is 0.685. The summed E-state index contributed by atoms with van der Waals surface area (Å²) in [5.74, 6) is 1.26.